The van der Waals surface area contributed by atoms with Crippen LogP contribution in [-0.4, -0.2) is 26.9 Å². The van der Waals surface area contributed by atoms with Crippen molar-refractivity contribution in [3.8, 4) is 0 Å². The van der Waals surface area contributed by atoms with Crippen LogP contribution in [0, 0.1) is 0 Å². The molecule has 2 nitrogen and oxygen atoms in total. The number of hydrogen-bond acceptors (Lipinski definition) is 1. The summed E-state index contributed by atoms with van der Waals surface area (Å²) in [5, 5.41) is 1.22. The molecule has 0 unspecified atom stereocenters. The van der Waals surface area contributed by atoms with Gasteiger partial charge in [0, 0.05) is 12.4 Å². The van der Waals surface area contributed by atoms with Crippen molar-refractivity contribution < 1.29 is 0 Å². The summed E-state index contributed by atoms with van der Waals surface area (Å²) < 4.78 is 2.31. The quantitative estimate of drug-likeness (QED) is 0.176. The molecule has 0 atom stereocenters. The first-order valence-electron chi connectivity index (χ1n) is 15.1. The highest BCUT2D eigenvalue weighted by Crippen LogP contribution is 2.33. The zero-order chi connectivity index (χ0) is 30.8. The van der Waals surface area contributed by atoms with E-state index in [0.717, 1.165) is 16.7 Å². The first-order valence-corrected chi connectivity index (χ1v) is 16.5. The summed E-state index contributed by atoms with van der Waals surface area (Å²) in [6, 6.07) is 51.3. The van der Waals surface area contributed by atoms with Gasteiger partial charge in [0.2, 0.25) is 0 Å². The van der Waals surface area contributed by atoms with Crippen LogP contribution in [0.25, 0.3) is 5.57 Å². The van der Waals surface area contributed by atoms with Gasteiger partial charge in [-0.1, -0.05) is 172 Å². The maximum atomic E-state index is 5.67. The lowest BCUT2D eigenvalue weighted by atomic mass is 9.87. The Labute approximate surface area is 266 Å². The second-order valence-corrected chi connectivity index (χ2v) is 14.2. The van der Waals surface area contributed by atoms with E-state index in [9.17, 15) is 0 Å². The predicted octanol–water partition coefficient (Wildman–Crippen LogP) is 7.67. The smallest absolute Gasteiger partial charge is 0.103 e. The topological polar surface area (TPSA) is 17.8 Å². The fourth-order valence-electron chi connectivity index (χ4n) is 5.69. The number of aromatic nitrogens is 2. The highest BCUT2D eigenvalue weighted by molar-refractivity contribution is 6.57. The second-order valence-electron chi connectivity index (χ2n) is 12.0. The molecule has 216 valence electrons. The molecule has 0 aliphatic carbocycles. The molecule has 0 saturated carbocycles. The van der Waals surface area contributed by atoms with Gasteiger partial charge in [-0.3, -0.25) is 0 Å². The summed E-state index contributed by atoms with van der Waals surface area (Å²) in [4.78, 5) is 4.41. The van der Waals surface area contributed by atoms with Gasteiger partial charge in [0.25, 0.3) is 0 Å². The number of nitrogens with zero attached hydrogens (tertiary/aromatic N) is 2. The molecule has 6 aromatic rings. The monoisotopic (exact) mass is 586 g/mol. The minimum Gasteiger partial charge on any atom is -0.326 e. The number of benzene rings is 5. The third-order valence-corrected chi connectivity index (χ3v) is 10.6. The summed E-state index contributed by atoms with van der Waals surface area (Å²) in [6.07, 6.45) is 5.96. The van der Waals surface area contributed by atoms with Gasteiger partial charge in [0.15, 0.2) is 0 Å². The van der Waals surface area contributed by atoms with Crippen LogP contribution in [0.3, 0.4) is 0 Å². The van der Waals surface area contributed by atoms with E-state index < -0.39 is 9.52 Å². The molecule has 0 spiro atoms. The lowest BCUT2D eigenvalue weighted by Gasteiger charge is -2.37. The van der Waals surface area contributed by atoms with Gasteiger partial charge < -0.3 is 4.57 Å². The minimum absolute atomic E-state index is 0.167. The summed E-state index contributed by atoms with van der Waals surface area (Å²) in [6.45, 7) is 6.80. The molecular weight excluding hydrogens is 547 g/mol. The lowest BCUT2D eigenvalue weighted by molar-refractivity contribution is 0.590. The van der Waals surface area contributed by atoms with Crippen LogP contribution in [0.1, 0.15) is 48.6 Å². The average molecular weight is 587 g/mol. The fraction of sp³-hybridized carbons (Fsp3) is 0.125. The summed E-state index contributed by atoms with van der Waals surface area (Å²) in [7, 11) is 4.87. The van der Waals surface area contributed by atoms with E-state index in [1.807, 2.05) is 48.9 Å². The largest absolute Gasteiger partial charge is 0.326 e. The van der Waals surface area contributed by atoms with Crippen LogP contribution in [0.5, 0.6) is 0 Å². The summed E-state index contributed by atoms with van der Waals surface area (Å²) in [5.74, 6) is 1.66. The zero-order valence-corrected chi connectivity index (χ0v) is 27.3. The van der Waals surface area contributed by atoms with E-state index in [1.165, 1.54) is 21.9 Å². The van der Waals surface area contributed by atoms with Gasteiger partial charge in [-0.25, -0.2) is 4.98 Å². The van der Waals surface area contributed by atoms with Gasteiger partial charge in [0.05, 0.1) is 21.0 Å². The molecule has 4 heteroatoms. The van der Waals surface area contributed by atoms with Crippen LogP contribution in [0.2, 0.25) is 0 Å². The Morgan fingerprint density at radius 3 is 1.45 bits per heavy atom. The van der Waals surface area contributed by atoms with Gasteiger partial charge in [-0.05, 0) is 38.8 Å². The Hall–Kier alpha value is -4.67. The maximum Gasteiger partial charge on any atom is 0.103 e. The number of rotatable bonds is 7. The highest BCUT2D eigenvalue weighted by atomic mass is 28.2. The van der Waals surface area contributed by atoms with Crippen LogP contribution in [0.15, 0.2) is 170 Å². The van der Waals surface area contributed by atoms with Crippen molar-refractivity contribution in [3.63, 3.8) is 0 Å². The van der Waals surface area contributed by atoms with Crippen molar-refractivity contribution in [1.82, 2.24) is 9.55 Å². The van der Waals surface area contributed by atoms with E-state index >= 15 is 0 Å². The molecule has 0 fully saturated rings. The van der Waals surface area contributed by atoms with Crippen molar-refractivity contribution in [2.45, 2.75) is 31.3 Å². The molecular formula is C40H39BN2Si. The van der Waals surface area contributed by atoms with Crippen LogP contribution in [0.4, 0.5) is 0 Å². The van der Waals surface area contributed by atoms with Gasteiger partial charge >= 0.3 is 0 Å². The van der Waals surface area contributed by atoms with Crippen molar-refractivity contribution in [2.75, 3.05) is 0 Å². The molecule has 0 aliphatic heterocycles. The molecule has 5 aromatic carbocycles. The van der Waals surface area contributed by atoms with Crippen LogP contribution >= 0.6 is 0 Å². The summed E-state index contributed by atoms with van der Waals surface area (Å²) in [5.41, 5.74) is 7.53. The van der Waals surface area contributed by atoms with Gasteiger partial charge in [0.1, 0.15) is 7.85 Å². The SMILES string of the molecule is CC(C)(C)c1ccc([SiH2]C(c2ccccc2)(c2ccccc2)n2ccnc2)cc1.[B]C=C(c1ccccc1)c1ccccc1. The molecule has 44 heavy (non-hydrogen) atoms. The third-order valence-electron chi connectivity index (χ3n) is 8.06. The molecule has 0 saturated heterocycles. The Balaban J connectivity index is 0.000000215. The van der Waals surface area contributed by atoms with E-state index in [-0.39, 0.29) is 10.6 Å². The Morgan fingerprint density at radius 1 is 0.614 bits per heavy atom. The standard InChI is InChI=1S/C26H28N2Si.C14H11B/c1-25(2,3)21-14-16-24(17-15-21)29-26(28-19-18-27-20-28,22-10-6-4-7-11-22)23-12-8-5-9-13-23;15-11-14(12-7-3-1-4-8-12)13-9-5-2-6-10-13/h4-20H,29H2,1-3H3;1-11H. The van der Waals surface area contributed by atoms with Crippen LogP contribution < -0.4 is 5.19 Å². The van der Waals surface area contributed by atoms with Crippen LogP contribution in [-0.2, 0) is 10.6 Å². The summed E-state index contributed by atoms with van der Waals surface area (Å²) >= 11 is 0. The highest BCUT2D eigenvalue weighted by Gasteiger charge is 2.36. The Morgan fingerprint density at radius 2 is 1.07 bits per heavy atom. The molecule has 0 amide bonds. The normalized spacial score (nSPS) is 11.5. The van der Waals surface area contributed by atoms with Crippen molar-refractivity contribution in [1.29, 1.82) is 0 Å². The number of imidazole rings is 1. The molecule has 6 rings (SSSR count). The number of hydrogen-bond donors (Lipinski definition) is 0. The fourth-order valence-corrected chi connectivity index (χ4v) is 8.00. The Kier molecular flexibility index (Phi) is 9.93. The van der Waals surface area contributed by atoms with E-state index in [2.05, 4.69) is 146 Å². The average Bonchev–Trinajstić information content (AvgIpc) is 3.62. The molecule has 0 bridgehead atoms. The molecule has 1 aromatic heterocycles. The van der Waals surface area contributed by atoms with Crippen molar-refractivity contribution in [3.05, 3.63) is 198 Å². The van der Waals surface area contributed by atoms with E-state index in [0.29, 0.717) is 0 Å². The predicted molar refractivity (Wildman–Crippen MR) is 190 cm³/mol. The van der Waals surface area contributed by atoms with E-state index in [4.69, 9.17) is 7.85 Å². The zero-order valence-electron chi connectivity index (χ0n) is 25.8. The van der Waals surface area contributed by atoms with Crippen molar-refractivity contribution >= 4 is 28.1 Å². The first-order chi connectivity index (χ1) is 21.4. The maximum absolute atomic E-state index is 5.67. The van der Waals surface area contributed by atoms with Crippen molar-refractivity contribution in [2.24, 2.45) is 0 Å². The molecule has 2 radical (unpaired) electrons. The lowest BCUT2D eigenvalue weighted by Crippen LogP contribution is -2.46. The Bertz CT molecular complexity index is 1640. The van der Waals surface area contributed by atoms with E-state index in [1.54, 1.807) is 5.98 Å². The molecule has 0 N–H and O–H groups in total. The third kappa shape index (κ3) is 7.10. The molecule has 0 aliphatic rings. The molecule has 1 heterocycles. The van der Waals surface area contributed by atoms with Gasteiger partial charge in [-0.15, -0.1) is 5.98 Å². The minimum atomic E-state index is -0.807. The second kappa shape index (κ2) is 14.2. The first kappa shape index (κ1) is 30.8. The van der Waals surface area contributed by atoms with Gasteiger partial charge in [-0.2, -0.15) is 0 Å².